The van der Waals surface area contributed by atoms with Gasteiger partial charge in [0.1, 0.15) is 0 Å². The van der Waals surface area contributed by atoms with Crippen LogP contribution in [0.3, 0.4) is 0 Å². The Hall–Kier alpha value is -3.34. The first-order valence-corrected chi connectivity index (χ1v) is 9.60. The largest absolute Gasteiger partial charge is 0.454 e. The Morgan fingerprint density at radius 2 is 1.87 bits per heavy atom. The molecule has 2 aromatic heterocycles. The minimum Gasteiger partial charge on any atom is -0.454 e. The minimum absolute atomic E-state index is 0.0101. The number of alkyl halides is 3. The van der Waals surface area contributed by atoms with E-state index in [0.29, 0.717) is 48.9 Å². The highest BCUT2D eigenvalue weighted by molar-refractivity contribution is 5.81. The van der Waals surface area contributed by atoms with Crippen molar-refractivity contribution >= 4 is 11.6 Å². The van der Waals surface area contributed by atoms with Crippen molar-refractivity contribution in [1.29, 1.82) is 0 Å². The maximum atomic E-state index is 13.8. The molecule has 0 saturated carbocycles. The van der Waals surface area contributed by atoms with Gasteiger partial charge < -0.3 is 19.1 Å². The van der Waals surface area contributed by atoms with E-state index >= 15 is 0 Å². The maximum absolute atomic E-state index is 13.8. The Balaban J connectivity index is 1.57. The zero-order valence-corrected chi connectivity index (χ0v) is 16.2. The van der Waals surface area contributed by atoms with Crippen LogP contribution in [-0.4, -0.2) is 58.5 Å². The lowest BCUT2D eigenvalue weighted by Crippen LogP contribution is -2.41. The maximum Gasteiger partial charge on any atom is 0.433 e. The molecule has 0 atom stereocenters. The number of morpholine rings is 1. The van der Waals surface area contributed by atoms with Crippen molar-refractivity contribution in [3.8, 4) is 22.8 Å². The lowest BCUT2D eigenvalue weighted by Gasteiger charge is -2.26. The molecule has 4 heterocycles. The topological polar surface area (TPSA) is 78.2 Å². The van der Waals surface area contributed by atoms with Crippen LogP contribution >= 0.6 is 0 Å². The van der Waals surface area contributed by atoms with E-state index in [1.54, 1.807) is 23.1 Å². The van der Waals surface area contributed by atoms with Gasteiger partial charge in [0.15, 0.2) is 22.8 Å². The van der Waals surface area contributed by atoms with Crippen LogP contribution in [0.1, 0.15) is 11.3 Å². The zero-order chi connectivity index (χ0) is 21.6. The van der Waals surface area contributed by atoms with Crippen LogP contribution in [0.15, 0.2) is 30.5 Å². The van der Waals surface area contributed by atoms with Gasteiger partial charge >= 0.3 is 6.18 Å². The van der Waals surface area contributed by atoms with Crippen LogP contribution in [0, 0.1) is 0 Å². The molecule has 0 radical (unpaired) electrons. The van der Waals surface area contributed by atoms with Gasteiger partial charge in [-0.2, -0.15) is 18.3 Å². The first-order chi connectivity index (χ1) is 14.9. The molecular formula is C20H17F3N4O4. The van der Waals surface area contributed by atoms with E-state index in [-0.39, 0.29) is 30.5 Å². The van der Waals surface area contributed by atoms with E-state index in [2.05, 4.69) is 10.1 Å². The van der Waals surface area contributed by atoms with Crippen LogP contribution < -0.4 is 9.47 Å². The van der Waals surface area contributed by atoms with Gasteiger partial charge in [0.2, 0.25) is 12.7 Å². The third-order valence-electron chi connectivity index (χ3n) is 5.21. The summed E-state index contributed by atoms with van der Waals surface area (Å²) in [5, 5.41) is 3.87. The molecule has 5 rings (SSSR count). The van der Waals surface area contributed by atoms with E-state index in [9.17, 15) is 18.0 Å². The lowest BCUT2D eigenvalue weighted by atomic mass is 10.1. The second-order valence-corrected chi connectivity index (χ2v) is 7.17. The quantitative estimate of drug-likeness (QED) is 0.631. The Bertz CT molecular complexity index is 1160. The molecular weight excluding hydrogens is 417 g/mol. The Labute approximate surface area is 174 Å². The van der Waals surface area contributed by atoms with Crippen LogP contribution in [0.4, 0.5) is 13.2 Å². The molecule has 3 aromatic rings. The number of hydrogen-bond acceptors (Lipinski definition) is 6. The molecule has 0 unspecified atom stereocenters. The minimum atomic E-state index is -4.66. The van der Waals surface area contributed by atoms with Crippen LogP contribution in [0.2, 0.25) is 0 Å². The van der Waals surface area contributed by atoms with E-state index in [4.69, 9.17) is 14.2 Å². The van der Waals surface area contributed by atoms with Crippen LogP contribution in [0.5, 0.6) is 11.5 Å². The molecule has 1 saturated heterocycles. The fourth-order valence-corrected chi connectivity index (χ4v) is 3.63. The molecule has 1 amide bonds. The standard InChI is InChI=1S/C20H17F3N4O4/c21-20(22,23)17-9-14(12-1-2-15-16(7-12)31-11-30-15)25-19-13(10-24-27(17)19)8-18(28)26-3-5-29-6-4-26/h1-2,7,9-10H,3-6,8,11H2. The van der Waals surface area contributed by atoms with Crippen molar-refractivity contribution in [3.63, 3.8) is 0 Å². The molecule has 0 spiro atoms. The Kier molecular flexibility index (Phi) is 4.69. The first-order valence-electron chi connectivity index (χ1n) is 9.60. The predicted octanol–water partition coefficient (Wildman–Crippen LogP) is 2.55. The highest BCUT2D eigenvalue weighted by Gasteiger charge is 2.36. The van der Waals surface area contributed by atoms with Crippen molar-refractivity contribution in [2.24, 2.45) is 0 Å². The van der Waals surface area contributed by atoms with Crippen molar-refractivity contribution < 1.29 is 32.2 Å². The number of hydrogen-bond donors (Lipinski definition) is 0. The number of benzene rings is 1. The normalized spacial score (nSPS) is 16.2. The number of carbonyl (C=O) groups excluding carboxylic acids is 1. The Morgan fingerprint density at radius 1 is 1.10 bits per heavy atom. The van der Waals surface area contributed by atoms with Crippen molar-refractivity contribution in [2.45, 2.75) is 12.6 Å². The first kappa shape index (κ1) is 19.6. The van der Waals surface area contributed by atoms with Gasteiger partial charge in [-0.25, -0.2) is 9.50 Å². The van der Waals surface area contributed by atoms with Crippen molar-refractivity contribution in [3.05, 3.63) is 41.7 Å². The fraction of sp³-hybridized carbons (Fsp3) is 0.350. The average molecular weight is 434 g/mol. The smallest absolute Gasteiger partial charge is 0.433 e. The van der Waals surface area contributed by atoms with Gasteiger partial charge in [-0.05, 0) is 24.3 Å². The number of halogens is 3. The van der Waals surface area contributed by atoms with Gasteiger partial charge in [0.25, 0.3) is 0 Å². The predicted molar refractivity (Wildman–Crippen MR) is 101 cm³/mol. The summed E-state index contributed by atoms with van der Waals surface area (Å²) in [4.78, 5) is 18.7. The molecule has 1 fully saturated rings. The summed E-state index contributed by atoms with van der Waals surface area (Å²) in [6, 6.07) is 5.75. The van der Waals surface area contributed by atoms with Gasteiger partial charge in [-0.1, -0.05) is 0 Å². The molecule has 0 aliphatic carbocycles. The average Bonchev–Trinajstić information content (AvgIpc) is 3.39. The van der Waals surface area contributed by atoms with Gasteiger partial charge in [-0.3, -0.25) is 4.79 Å². The number of fused-ring (bicyclic) bond motifs is 2. The van der Waals surface area contributed by atoms with Gasteiger partial charge in [0.05, 0.1) is 31.5 Å². The van der Waals surface area contributed by atoms with Gasteiger partial charge in [-0.15, -0.1) is 0 Å². The van der Waals surface area contributed by atoms with Crippen molar-refractivity contribution in [2.75, 3.05) is 33.1 Å². The summed E-state index contributed by atoms with van der Waals surface area (Å²) >= 11 is 0. The SMILES string of the molecule is O=C(Cc1cnn2c(C(F)(F)F)cc(-c3ccc4c(c3)OCO4)nc12)N1CCOCC1. The lowest BCUT2D eigenvalue weighted by molar-refractivity contribution is -0.142. The number of carbonyl (C=O) groups is 1. The van der Waals surface area contributed by atoms with Gasteiger partial charge in [0, 0.05) is 24.2 Å². The molecule has 2 aliphatic heterocycles. The highest BCUT2D eigenvalue weighted by Crippen LogP contribution is 2.37. The summed E-state index contributed by atoms with van der Waals surface area (Å²) in [7, 11) is 0. The van der Waals surface area contributed by atoms with Crippen LogP contribution in [-0.2, 0) is 22.1 Å². The van der Waals surface area contributed by atoms with E-state index < -0.39 is 11.9 Å². The molecule has 0 N–H and O–H groups in total. The summed E-state index contributed by atoms with van der Waals surface area (Å²) in [5.74, 6) is 0.744. The molecule has 8 nitrogen and oxygen atoms in total. The highest BCUT2D eigenvalue weighted by atomic mass is 19.4. The number of aromatic nitrogens is 3. The fourth-order valence-electron chi connectivity index (χ4n) is 3.63. The number of amides is 1. The monoisotopic (exact) mass is 434 g/mol. The van der Waals surface area contributed by atoms with E-state index in [0.717, 1.165) is 10.6 Å². The van der Waals surface area contributed by atoms with Crippen LogP contribution in [0.25, 0.3) is 16.9 Å². The molecule has 11 heteroatoms. The molecule has 0 bridgehead atoms. The number of nitrogens with zero attached hydrogens (tertiary/aromatic N) is 4. The molecule has 31 heavy (non-hydrogen) atoms. The summed E-state index contributed by atoms with van der Waals surface area (Å²) < 4.78 is 57.9. The second kappa shape index (κ2) is 7.41. The molecule has 162 valence electrons. The molecule has 1 aromatic carbocycles. The Morgan fingerprint density at radius 3 is 2.65 bits per heavy atom. The zero-order valence-electron chi connectivity index (χ0n) is 16.2. The summed E-state index contributed by atoms with van der Waals surface area (Å²) in [5.41, 5.74) is -0.133. The number of ether oxygens (including phenoxy) is 3. The third kappa shape index (κ3) is 3.65. The summed E-state index contributed by atoms with van der Waals surface area (Å²) in [6.07, 6.45) is -3.50. The third-order valence-corrected chi connectivity index (χ3v) is 5.21. The second-order valence-electron chi connectivity index (χ2n) is 7.17. The molecule has 2 aliphatic rings. The van der Waals surface area contributed by atoms with E-state index in [1.165, 1.54) is 6.20 Å². The van der Waals surface area contributed by atoms with Crippen molar-refractivity contribution in [1.82, 2.24) is 19.5 Å². The van der Waals surface area contributed by atoms with E-state index in [1.807, 2.05) is 0 Å². The summed E-state index contributed by atoms with van der Waals surface area (Å²) in [6.45, 7) is 1.81. The number of rotatable bonds is 3.